The van der Waals surface area contributed by atoms with Crippen molar-refractivity contribution in [1.82, 2.24) is 9.80 Å². The minimum atomic E-state index is -0.119. The van der Waals surface area contributed by atoms with Crippen LogP contribution in [0, 0.1) is 25.2 Å². The lowest BCUT2D eigenvalue weighted by molar-refractivity contribution is -0.120. The predicted octanol–water partition coefficient (Wildman–Crippen LogP) is 2.60. The van der Waals surface area contributed by atoms with Crippen LogP contribution in [-0.2, 0) is 4.79 Å². The molecule has 0 spiro atoms. The molecule has 1 aliphatic rings. The number of rotatable bonds is 6. The van der Waals surface area contributed by atoms with Crippen molar-refractivity contribution in [2.45, 2.75) is 20.3 Å². The lowest BCUT2D eigenvalue weighted by atomic mass is 10.1. The zero-order valence-corrected chi connectivity index (χ0v) is 16.9. The first kappa shape index (κ1) is 20.6. The molecule has 3 rings (SSSR count). The third-order valence-electron chi connectivity index (χ3n) is 5.30. The summed E-state index contributed by atoms with van der Waals surface area (Å²) in [4.78, 5) is 30.9. The SMILES string of the molecule is Cc1ccc(N(CCC#N)C(=O)CN2CCN(C(=O)c3ccco3)CC2)cc1C. The number of carbonyl (C=O) groups excluding carboxylic acids is 2. The summed E-state index contributed by atoms with van der Waals surface area (Å²) in [5.41, 5.74) is 3.10. The average molecular weight is 394 g/mol. The number of carbonyl (C=O) groups is 2. The number of amides is 2. The van der Waals surface area contributed by atoms with Crippen LogP contribution in [0.3, 0.4) is 0 Å². The molecule has 2 heterocycles. The zero-order valence-electron chi connectivity index (χ0n) is 16.9. The molecule has 0 saturated carbocycles. The van der Waals surface area contributed by atoms with Crippen LogP contribution in [0.5, 0.6) is 0 Å². The highest BCUT2D eigenvalue weighted by atomic mass is 16.3. The Balaban J connectivity index is 1.60. The van der Waals surface area contributed by atoms with Gasteiger partial charge in [0.25, 0.3) is 5.91 Å². The molecule has 152 valence electrons. The van der Waals surface area contributed by atoms with Gasteiger partial charge in [0.05, 0.1) is 25.3 Å². The lowest BCUT2D eigenvalue weighted by Gasteiger charge is -2.35. The van der Waals surface area contributed by atoms with Crippen molar-refractivity contribution < 1.29 is 14.0 Å². The average Bonchev–Trinajstić information content (AvgIpc) is 3.26. The van der Waals surface area contributed by atoms with Crippen LogP contribution in [0.1, 0.15) is 28.1 Å². The normalized spacial score (nSPS) is 14.4. The second kappa shape index (κ2) is 9.39. The van der Waals surface area contributed by atoms with Crippen LogP contribution in [-0.4, -0.2) is 60.9 Å². The first-order chi connectivity index (χ1) is 14.0. The predicted molar refractivity (Wildman–Crippen MR) is 110 cm³/mol. The van der Waals surface area contributed by atoms with Gasteiger partial charge in [-0.2, -0.15) is 5.26 Å². The first-order valence-corrected chi connectivity index (χ1v) is 9.79. The van der Waals surface area contributed by atoms with Gasteiger partial charge in [0.2, 0.25) is 5.91 Å². The van der Waals surface area contributed by atoms with Crippen molar-refractivity contribution in [2.75, 3.05) is 44.2 Å². The first-order valence-electron chi connectivity index (χ1n) is 9.79. The van der Waals surface area contributed by atoms with Crippen molar-refractivity contribution in [2.24, 2.45) is 0 Å². The lowest BCUT2D eigenvalue weighted by Crippen LogP contribution is -2.51. The zero-order chi connectivity index (χ0) is 20.8. The van der Waals surface area contributed by atoms with E-state index in [1.165, 1.54) is 11.8 Å². The van der Waals surface area contributed by atoms with Crippen LogP contribution in [0.2, 0.25) is 0 Å². The van der Waals surface area contributed by atoms with Crippen LogP contribution < -0.4 is 4.90 Å². The van der Waals surface area contributed by atoms with Gasteiger partial charge in [0.15, 0.2) is 5.76 Å². The Labute approximate surface area is 171 Å². The van der Waals surface area contributed by atoms with E-state index in [9.17, 15) is 9.59 Å². The molecule has 0 N–H and O–H groups in total. The number of nitriles is 1. The van der Waals surface area contributed by atoms with Gasteiger partial charge < -0.3 is 14.2 Å². The maximum Gasteiger partial charge on any atom is 0.289 e. The summed E-state index contributed by atoms with van der Waals surface area (Å²) in [5.74, 6) is 0.188. The van der Waals surface area contributed by atoms with Gasteiger partial charge >= 0.3 is 0 Å². The highest BCUT2D eigenvalue weighted by Gasteiger charge is 2.26. The number of furan rings is 1. The molecule has 1 aromatic carbocycles. The number of nitrogens with zero attached hydrogens (tertiary/aromatic N) is 4. The Morgan fingerprint density at radius 3 is 2.52 bits per heavy atom. The standard InChI is InChI=1S/C22H26N4O3/c1-17-6-7-19(15-18(17)2)26(9-4-8-23)21(27)16-24-10-12-25(13-11-24)22(28)20-5-3-14-29-20/h3,5-7,14-15H,4,9-13,16H2,1-2H3. The van der Waals surface area contributed by atoms with Gasteiger partial charge in [0, 0.05) is 38.4 Å². The molecule has 0 atom stereocenters. The second-order valence-electron chi connectivity index (χ2n) is 7.27. The van der Waals surface area contributed by atoms with Gasteiger partial charge in [0.1, 0.15) is 0 Å². The highest BCUT2D eigenvalue weighted by Crippen LogP contribution is 2.20. The number of aryl methyl sites for hydroxylation is 2. The monoisotopic (exact) mass is 394 g/mol. The van der Waals surface area contributed by atoms with E-state index in [1.807, 2.05) is 32.0 Å². The maximum atomic E-state index is 13.0. The summed E-state index contributed by atoms with van der Waals surface area (Å²) in [7, 11) is 0. The van der Waals surface area contributed by atoms with Crippen molar-refractivity contribution in [3.05, 3.63) is 53.5 Å². The Morgan fingerprint density at radius 1 is 1.14 bits per heavy atom. The molecule has 0 aliphatic carbocycles. The van der Waals surface area contributed by atoms with E-state index >= 15 is 0 Å². The molecule has 0 unspecified atom stereocenters. The quantitative estimate of drug-likeness (QED) is 0.752. The number of hydrogen-bond acceptors (Lipinski definition) is 5. The molecule has 2 aromatic rings. The number of benzene rings is 1. The minimum Gasteiger partial charge on any atom is -0.459 e. The molecule has 1 aliphatic heterocycles. The molecule has 2 amide bonds. The van der Waals surface area contributed by atoms with Crippen LogP contribution in [0.4, 0.5) is 5.69 Å². The molecule has 1 saturated heterocycles. The maximum absolute atomic E-state index is 13.0. The third kappa shape index (κ3) is 5.04. The van der Waals surface area contributed by atoms with Crippen molar-refractivity contribution in [1.29, 1.82) is 5.26 Å². The van der Waals surface area contributed by atoms with E-state index in [0.717, 1.165) is 11.3 Å². The fourth-order valence-corrected chi connectivity index (χ4v) is 3.39. The fourth-order valence-electron chi connectivity index (χ4n) is 3.39. The number of piperazine rings is 1. The molecule has 1 fully saturated rings. The Morgan fingerprint density at radius 2 is 1.90 bits per heavy atom. The summed E-state index contributed by atoms with van der Waals surface area (Å²) in [6, 6.07) is 11.4. The van der Waals surface area contributed by atoms with Crippen molar-refractivity contribution in [3.8, 4) is 6.07 Å². The van der Waals surface area contributed by atoms with E-state index in [-0.39, 0.29) is 24.8 Å². The Bertz CT molecular complexity index is 893. The van der Waals surface area contributed by atoms with Gasteiger partial charge in [-0.05, 0) is 49.2 Å². The van der Waals surface area contributed by atoms with E-state index < -0.39 is 0 Å². The van der Waals surface area contributed by atoms with Gasteiger partial charge in [-0.3, -0.25) is 14.5 Å². The van der Waals surface area contributed by atoms with Crippen LogP contribution in [0.15, 0.2) is 41.0 Å². The van der Waals surface area contributed by atoms with Crippen molar-refractivity contribution in [3.63, 3.8) is 0 Å². The molecular formula is C22H26N4O3. The van der Waals surface area contributed by atoms with Crippen LogP contribution >= 0.6 is 0 Å². The van der Waals surface area contributed by atoms with Crippen LogP contribution in [0.25, 0.3) is 0 Å². The largest absolute Gasteiger partial charge is 0.459 e. The summed E-state index contributed by atoms with van der Waals surface area (Å²) in [6.45, 7) is 7.03. The molecule has 29 heavy (non-hydrogen) atoms. The smallest absolute Gasteiger partial charge is 0.289 e. The Kier molecular flexibility index (Phi) is 6.68. The van der Waals surface area contributed by atoms with E-state index in [2.05, 4.69) is 11.0 Å². The van der Waals surface area contributed by atoms with Crippen molar-refractivity contribution >= 4 is 17.5 Å². The van der Waals surface area contributed by atoms with Gasteiger partial charge in [-0.15, -0.1) is 0 Å². The topological polar surface area (TPSA) is 80.8 Å². The fraction of sp³-hybridized carbons (Fsp3) is 0.409. The number of hydrogen-bond donors (Lipinski definition) is 0. The molecule has 1 aromatic heterocycles. The van der Waals surface area contributed by atoms with Gasteiger partial charge in [-0.25, -0.2) is 0 Å². The minimum absolute atomic E-state index is 0.0330. The summed E-state index contributed by atoms with van der Waals surface area (Å²) in [6.07, 6.45) is 1.77. The Hall–Kier alpha value is -3.11. The van der Waals surface area contributed by atoms with E-state index in [1.54, 1.807) is 21.9 Å². The molecule has 0 radical (unpaired) electrons. The molecule has 7 nitrogen and oxygen atoms in total. The highest BCUT2D eigenvalue weighted by molar-refractivity contribution is 5.95. The molecular weight excluding hydrogens is 368 g/mol. The summed E-state index contributed by atoms with van der Waals surface area (Å²) >= 11 is 0. The van der Waals surface area contributed by atoms with Gasteiger partial charge in [-0.1, -0.05) is 6.07 Å². The number of anilines is 1. The van der Waals surface area contributed by atoms with E-state index in [4.69, 9.17) is 9.68 Å². The van der Waals surface area contributed by atoms with E-state index in [0.29, 0.717) is 38.5 Å². The summed E-state index contributed by atoms with van der Waals surface area (Å²) < 4.78 is 5.18. The molecule has 0 bridgehead atoms. The summed E-state index contributed by atoms with van der Waals surface area (Å²) in [5, 5.41) is 8.98. The third-order valence-corrected chi connectivity index (χ3v) is 5.30. The second-order valence-corrected chi connectivity index (χ2v) is 7.27. The molecule has 7 heteroatoms.